The first-order valence-electron chi connectivity index (χ1n) is 5.14. The summed E-state index contributed by atoms with van der Waals surface area (Å²) in [6.07, 6.45) is 13.1. The van der Waals surface area contributed by atoms with Crippen LogP contribution in [0.25, 0.3) is 0 Å². The van der Waals surface area contributed by atoms with Crippen LogP contribution in [0.4, 0.5) is 0 Å². The number of ether oxygens (including phenoxy) is 1. The molecule has 1 heterocycles. The third-order valence-electron chi connectivity index (χ3n) is 4.73. The van der Waals surface area contributed by atoms with Crippen molar-refractivity contribution in [3.63, 3.8) is 0 Å². The largest absolute Gasteiger partial charge is 0.370 e. The van der Waals surface area contributed by atoms with E-state index in [9.17, 15) is 0 Å². The zero-order chi connectivity index (χ0) is 7.81. The lowest BCUT2D eigenvalue weighted by Crippen LogP contribution is -2.25. The quantitative estimate of drug-likeness (QED) is 0.393. The Hall–Kier alpha value is -0.300. The minimum Gasteiger partial charge on any atom is -0.370 e. The van der Waals surface area contributed by atoms with E-state index in [1.807, 2.05) is 0 Å². The van der Waals surface area contributed by atoms with Gasteiger partial charge in [-0.1, -0.05) is 12.2 Å². The summed E-state index contributed by atoms with van der Waals surface area (Å²) < 4.78 is 5.63. The Bertz CT molecular complexity index is 257. The molecule has 1 nitrogen and oxygen atoms in total. The maximum absolute atomic E-state index is 5.63. The van der Waals surface area contributed by atoms with Crippen LogP contribution < -0.4 is 0 Å². The third-order valence-corrected chi connectivity index (χ3v) is 4.73. The summed E-state index contributed by atoms with van der Waals surface area (Å²) in [5.74, 6) is 0. The highest BCUT2D eigenvalue weighted by Crippen LogP contribution is 2.78. The molecule has 0 radical (unpaired) electrons. The third kappa shape index (κ3) is 0.517. The maximum Gasteiger partial charge on any atom is 0.0847 e. The molecule has 0 aromatic heterocycles. The van der Waals surface area contributed by atoms with Crippen molar-refractivity contribution < 1.29 is 4.74 Å². The highest BCUT2D eigenvalue weighted by Gasteiger charge is 2.73. The Labute approximate surface area is 72.8 Å². The van der Waals surface area contributed by atoms with E-state index in [2.05, 4.69) is 12.2 Å². The average molecular weight is 162 g/mol. The molecule has 1 saturated heterocycles. The second-order valence-corrected chi connectivity index (χ2v) is 5.24. The first kappa shape index (κ1) is 6.20. The van der Waals surface area contributed by atoms with Crippen molar-refractivity contribution in [2.75, 3.05) is 0 Å². The van der Waals surface area contributed by atoms with Crippen molar-refractivity contribution in [2.45, 2.75) is 44.3 Å². The van der Waals surface area contributed by atoms with E-state index < -0.39 is 0 Å². The van der Waals surface area contributed by atoms with Crippen LogP contribution in [0.1, 0.15) is 32.1 Å². The lowest BCUT2D eigenvalue weighted by molar-refractivity contribution is 0.258. The molecule has 64 valence electrons. The summed E-state index contributed by atoms with van der Waals surface area (Å²) >= 11 is 0. The molecule has 1 heteroatoms. The number of hydrogen-bond donors (Lipinski definition) is 0. The van der Waals surface area contributed by atoms with Gasteiger partial charge in [0.25, 0.3) is 0 Å². The molecule has 3 fully saturated rings. The Morgan fingerprint density at radius 3 is 2.17 bits per heavy atom. The van der Waals surface area contributed by atoms with Crippen LogP contribution in [0, 0.1) is 10.8 Å². The van der Waals surface area contributed by atoms with Crippen molar-refractivity contribution in [1.82, 2.24) is 0 Å². The molecule has 0 aromatic carbocycles. The Morgan fingerprint density at radius 2 is 1.58 bits per heavy atom. The Morgan fingerprint density at radius 1 is 1.00 bits per heavy atom. The van der Waals surface area contributed by atoms with Gasteiger partial charge in [0.2, 0.25) is 0 Å². The van der Waals surface area contributed by atoms with E-state index >= 15 is 0 Å². The topological polar surface area (TPSA) is 12.5 Å². The fourth-order valence-corrected chi connectivity index (χ4v) is 3.85. The summed E-state index contributed by atoms with van der Waals surface area (Å²) in [6, 6.07) is 0. The van der Waals surface area contributed by atoms with Gasteiger partial charge in [0.15, 0.2) is 0 Å². The summed E-state index contributed by atoms with van der Waals surface area (Å²) in [6.45, 7) is 0. The van der Waals surface area contributed by atoms with E-state index in [0.717, 1.165) is 10.8 Å². The summed E-state index contributed by atoms with van der Waals surface area (Å²) in [7, 11) is 0. The van der Waals surface area contributed by atoms with Crippen LogP contribution in [0.2, 0.25) is 0 Å². The highest BCUT2D eigenvalue weighted by molar-refractivity contribution is 5.27. The van der Waals surface area contributed by atoms with Gasteiger partial charge in [-0.05, 0) is 42.9 Å². The molecule has 12 heavy (non-hydrogen) atoms. The van der Waals surface area contributed by atoms with Gasteiger partial charge in [-0.25, -0.2) is 0 Å². The molecule has 4 aliphatic rings. The number of hydrogen-bond acceptors (Lipinski definition) is 1. The molecule has 1 aliphatic heterocycles. The van der Waals surface area contributed by atoms with Gasteiger partial charge in [-0.15, -0.1) is 0 Å². The van der Waals surface area contributed by atoms with Gasteiger partial charge >= 0.3 is 0 Å². The first-order chi connectivity index (χ1) is 5.84. The van der Waals surface area contributed by atoms with Crippen molar-refractivity contribution in [1.29, 1.82) is 0 Å². The van der Waals surface area contributed by atoms with Crippen LogP contribution >= 0.6 is 0 Å². The zero-order valence-electron chi connectivity index (χ0n) is 7.25. The van der Waals surface area contributed by atoms with E-state index in [-0.39, 0.29) is 0 Å². The van der Waals surface area contributed by atoms with Gasteiger partial charge in [-0.3, -0.25) is 0 Å². The van der Waals surface area contributed by atoms with E-state index in [4.69, 9.17) is 4.74 Å². The van der Waals surface area contributed by atoms with Crippen LogP contribution in [0.5, 0.6) is 0 Å². The van der Waals surface area contributed by atoms with Gasteiger partial charge in [0.05, 0.1) is 12.2 Å². The summed E-state index contributed by atoms with van der Waals surface area (Å²) in [4.78, 5) is 0. The minimum atomic E-state index is 0.673. The van der Waals surface area contributed by atoms with E-state index in [0.29, 0.717) is 12.2 Å². The van der Waals surface area contributed by atoms with Gasteiger partial charge in [0.1, 0.15) is 0 Å². The molecular formula is C11H14O. The SMILES string of the molecule is C1=CC[C@]23C[C@@H]4O[C@@H]4C[C@@]2(C1)C3. The lowest BCUT2D eigenvalue weighted by Gasteiger charge is -2.29. The standard InChI is InChI=1S/C11H14O/c1-2-4-11-6-9-8(12-9)5-10(11,3-1)7-11/h1-2,8-9H,3-7H2/t8-,9+,10+,11-. The fraction of sp³-hybridized carbons (Fsp3) is 0.818. The molecular weight excluding hydrogens is 148 g/mol. The average Bonchev–Trinajstić information content (AvgIpc) is 2.87. The van der Waals surface area contributed by atoms with Crippen molar-refractivity contribution in [2.24, 2.45) is 10.8 Å². The molecule has 4 rings (SSSR count). The maximum atomic E-state index is 5.63. The van der Waals surface area contributed by atoms with E-state index in [1.165, 1.54) is 32.1 Å². The van der Waals surface area contributed by atoms with Crippen LogP contribution in [0.15, 0.2) is 12.2 Å². The molecule has 4 atom stereocenters. The molecule has 3 aliphatic carbocycles. The second-order valence-electron chi connectivity index (χ2n) is 5.24. The normalized spacial score (nSPS) is 64.7. The molecule has 2 saturated carbocycles. The second kappa shape index (κ2) is 1.52. The number of allylic oxidation sites excluding steroid dienone is 2. The fourth-order valence-electron chi connectivity index (χ4n) is 3.85. The minimum absolute atomic E-state index is 0.673. The summed E-state index contributed by atoms with van der Waals surface area (Å²) in [5.41, 5.74) is 1.44. The lowest BCUT2D eigenvalue weighted by atomic mass is 9.73. The molecule has 0 spiro atoms. The Balaban J connectivity index is 1.77. The highest BCUT2D eigenvalue weighted by atomic mass is 16.6. The smallest absolute Gasteiger partial charge is 0.0847 e. The van der Waals surface area contributed by atoms with Crippen molar-refractivity contribution in [3.8, 4) is 0 Å². The number of rotatable bonds is 0. The van der Waals surface area contributed by atoms with Crippen molar-refractivity contribution in [3.05, 3.63) is 12.2 Å². The molecule has 0 unspecified atom stereocenters. The van der Waals surface area contributed by atoms with Crippen molar-refractivity contribution >= 4 is 0 Å². The molecule has 0 amide bonds. The predicted molar refractivity (Wildman–Crippen MR) is 45.8 cm³/mol. The summed E-state index contributed by atoms with van der Waals surface area (Å²) in [5, 5.41) is 0. The molecule has 0 bridgehead atoms. The van der Waals surface area contributed by atoms with Crippen LogP contribution in [-0.2, 0) is 4.74 Å². The van der Waals surface area contributed by atoms with E-state index in [1.54, 1.807) is 0 Å². The van der Waals surface area contributed by atoms with Gasteiger partial charge in [0, 0.05) is 0 Å². The zero-order valence-corrected chi connectivity index (χ0v) is 7.25. The van der Waals surface area contributed by atoms with Gasteiger partial charge < -0.3 is 4.74 Å². The first-order valence-corrected chi connectivity index (χ1v) is 5.14. The van der Waals surface area contributed by atoms with Gasteiger partial charge in [-0.2, -0.15) is 0 Å². The molecule has 0 aromatic rings. The predicted octanol–water partition coefficient (Wildman–Crippen LogP) is 2.27. The van der Waals surface area contributed by atoms with Crippen LogP contribution in [-0.4, -0.2) is 12.2 Å². The number of epoxide rings is 1. The Kier molecular flexibility index (Phi) is 0.787. The monoisotopic (exact) mass is 162 g/mol. The van der Waals surface area contributed by atoms with Crippen LogP contribution in [0.3, 0.4) is 0 Å². The molecule has 0 N–H and O–H groups in total. The number of fused-ring (bicyclic) bond motifs is 1.